The van der Waals surface area contributed by atoms with Gasteiger partial charge in [-0.1, -0.05) is 32.0 Å². The molecule has 0 spiro atoms. The SMILES string of the molecule is CC1(C)CN(C(=O)O)c2cc(-c3cc4ccccc4o3)ncc21. The van der Waals surface area contributed by atoms with Gasteiger partial charge in [-0.2, -0.15) is 0 Å². The first-order chi connectivity index (χ1) is 11.0. The van der Waals surface area contributed by atoms with Crippen molar-refractivity contribution in [3.63, 3.8) is 0 Å². The van der Waals surface area contributed by atoms with Crippen LogP contribution in [0.25, 0.3) is 22.4 Å². The molecule has 0 bridgehead atoms. The van der Waals surface area contributed by atoms with Crippen LogP contribution in [0, 0.1) is 0 Å². The van der Waals surface area contributed by atoms with E-state index in [1.165, 1.54) is 4.90 Å². The molecule has 116 valence electrons. The van der Waals surface area contributed by atoms with Crippen LogP contribution in [0.4, 0.5) is 10.5 Å². The number of para-hydroxylation sites is 1. The number of benzene rings is 1. The van der Waals surface area contributed by atoms with Gasteiger partial charge in [0.1, 0.15) is 11.3 Å². The molecule has 1 amide bonds. The van der Waals surface area contributed by atoms with E-state index in [1.54, 1.807) is 12.3 Å². The van der Waals surface area contributed by atoms with Crippen molar-refractivity contribution in [3.8, 4) is 11.5 Å². The fourth-order valence-corrected chi connectivity index (χ4v) is 3.17. The molecule has 1 aromatic carbocycles. The number of carboxylic acid groups (broad SMARTS) is 1. The smallest absolute Gasteiger partial charge is 0.411 e. The average molecular weight is 308 g/mol. The Labute approximate surface area is 133 Å². The van der Waals surface area contributed by atoms with E-state index >= 15 is 0 Å². The number of nitrogens with zero attached hydrogens (tertiary/aromatic N) is 2. The highest BCUT2D eigenvalue weighted by Crippen LogP contribution is 2.41. The van der Waals surface area contributed by atoms with Gasteiger partial charge in [-0.25, -0.2) is 4.79 Å². The summed E-state index contributed by atoms with van der Waals surface area (Å²) in [6, 6.07) is 11.5. The highest BCUT2D eigenvalue weighted by atomic mass is 16.4. The predicted molar refractivity (Wildman–Crippen MR) is 87.8 cm³/mol. The first-order valence-electron chi connectivity index (χ1n) is 7.46. The lowest BCUT2D eigenvalue weighted by Crippen LogP contribution is -2.32. The number of carbonyl (C=O) groups is 1. The van der Waals surface area contributed by atoms with Crippen LogP contribution >= 0.6 is 0 Å². The van der Waals surface area contributed by atoms with Crippen molar-refractivity contribution in [2.75, 3.05) is 11.4 Å². The zero-order chi connectivity index (χ0) is 16.2. The Kier molecular flexibility index (Phi) is 2.75. The lowest BCUT2D eigenvalue weighted by Gasteiger charge is -2.18. The highest BCUT2D eigenvalue weighted by molar-refractivity contribution is 5.91. The van der Waals surface area contributed by atoms with Gasteiger partial charge in [0.05, 0.1) is 5.69 Å². The molecule has 0 fully saturated rings. The zero-order valence-corrected chi connectivity index (χ0v) is 12.9. The van der Waals surface area contributed by atoms with Gasteiger partial charge in [0, 0.05) is 29.1 Å². The molecule has 2 aromatic heterocycles. The number of fused-ring (bicyclic) bond motifs is 2. The molecule has 3 aromatic rings. The molecule has 0 atom stereocenters. The van der Waals surface area contributed by atoms with E-state index in [-0.39, 0.29) is 5.41 Å². The molecule has 0 saturated carbocycles. The first-order valence-corrected chi connectivity index (χ1v) is 7.46. The summed E-state index contributed by atoms with van der Waals surface area (Å²) in [5, 5.41) is 10.5. The fraction of sp³-hybridized carbons (Fsp3) is 0.222. The molecule has 0 aliphatic carbocycles. The van der Waals surface area contributed by atoms with Crippen LogP contribution in [0.2, 0.25) is 0 Å². The number of hydrogen-bond donors (Lipinski definition) is 1. The Morgan fingerprint density at radius 3 is 2.83 bits per heavy atom. The maximum Gasteiger partial charge on any atom is 0.411 e. The Bertz CT molecular complexity index is 894. The monoisotopic (exact) mass is 308 g/mol. The second-order valence-electron chi connectivity index (χ2n) is 6.49. The molecule has 5 nitrogen and oxygen atoms in total. The molecule has 3 heterocycles. The molecule has 0 radical (unpaired) electrons. The summed E-state index contributed by atoms with van der Waals surface area (Å²) < 4.78 is 5.83. The van der Waals surface area contributed by atoms with Crippen molar-refractivity contribution in [2.24, 2.45) is 0 Å². The quantitative estimate of drug-likeness (QED) is 0.729. The number of hydrogen-bond acceptors (Lipinski definition) is 3. The predicted octanol–water partition coefficient (Wildman–Crippen LogP) is 4.27. The van der Waals surface area contributed by atoms with Crippen LogP contribution in [0.15, 0.2) is 47.0 Å². The molecule has 1 N–H and O–H groups in total. The lowest BCUT2D eigenvalue weighted by molar-refractivity contribution is 0.201. The van der Waals surface area contributed by atoms with Gasteiger partial charge in [-0.3, -0.25) is 9.88 Å². The topological polar surface area (TPSA) is 66.6 Å². The summed E-state index contributed by atoms with van der Waals surface area (Å²) in [6.45, 7) is 4.48. The van der Waals surface area contributed by atoms with E-state index in [0.29, 0.717) is 23.7 Å². The maximum atomic E-state index is 11.5. The van der Waals surface area contributed by atoms with Crippen molar-refractivity contribution in [3.05, 3.63) is 48.2 Å². The normalized spacial score (nSPS) is 15.8. The summed E-state index contributed by atoms with van der Waals surface area (Å²) in [5.74, 6) is 0.643. The van der Waals surface area contributed by atoms with Crippen LogP contribution in [0.3, 0.4) is 0 Å². The van der Waals surface area contributed by atoms with E-state index in [9.17, 15) is 9.90 Å². The van der Waals surface area contributed by atoms with Crippen LogP contribution in [-0.4, -0.2) is 22.7 Å². The number of furan rings is 1. The third-order valence-electron chi connectivity index (χ3n) is 4.36. The molecule has 1 aliphatic heterocycles. The number of pyridine rings is 1. The van der Waals surface area contributed by atoms with Crippen LogP contribution in [0.1, 0.15) is 19.4 Å². The second-order valence-corrected chi connectivity index (χ2v) is 6.49. The van der Waals surface area contributed by atoms with Crippen molar-refractivity contribution in [1.82, 2.24) is 4.98 Å². The van der Waals surface area contributed by atoms with E-state index in [4.69, 9.17) is 4.42 Å². The fourth-order valence-electron chi connectivity index (χ4n) is 3.17. The van der Waals surface area contributed by atoms with Crippen molar-refractivity contribution in [2.45, 2.75) is 19.3 Å². The minimum atomic E-state index is -0.946. The Morgan fingerprint density at radius 1 is 1.30 bits per heavy atom. The van der Waals surface area contributed by atoms with Crippen LogP contribution < -0.4 is 4.90 Å². The molecule has 0 saturated heterocycles. The number of amides is 1. The van der Waals surface area contributed by atoms with Gasteiger partial charge in [-0.15, -0.1) is 0 Å². The highest BCUT2D eigenvalue weighted by Gasteiger charge is 2.38. The molecule has 4 rings (SSSR count). The Hall–Kier alpha value is -2.82. The zero-order valence-electron chi connectivity index (χ0n) is 12.9. The minimum Gasteiger partial charge on any atom is -0.465 e. The molecule has 0 unspecified atom stereocenters. The van der Waals surface area contributed by atoms with Crippen LogP contribution in [0.5, 0.6) is 0 Å². The van der Waals surface area contributed by atoms with E-state index in [0.717, 1.165) is 16.5 Å². The Morgan fingerprint density at radius 2 is 2.09 bits per heavy atom. The van der Waals surface area contributed by atoms with Gasteiger partial charge < -0.3 is 9.52 Å². The van der Waals surface area contributed by atoms with Gasteiger partial charge >= 0.3 is 6.09 Å². The summed E-state index contributed by atoms with van der Waals surface area (Å²) in [6.07, 6.45) is 0.819. The molecule has 5 heteroatoms. The van der Waals surface area contributed by atoms with Gasteiger partial charge in [0.15, 0.2) is 5.76 Å². The van der Waals surface area contributed by atoms with Gasteiger partial charge in [0.2, 0.25) is 0 Å². The third kappa shape index (κ3) is 2.08. The van der Waals surface area contributed by atoms with E-state index in [1.807, 2.05) is 44.2 Å². The van der Waals surface area contributed by atoms with E-state index < -0.39 is 6.09 Å². The van der Waals surface area contributed by atoms with Gasteiger partial charge in [-0.05, 0) is 18.2 Å². The number of aromatic nitrogens is 1. The third-order valence-corrected chi connectivity index (χ3v) is 4.36. The second kappa shape index (κ2) is 4.59. The average Bonchev–Trinajstić information content (AvgIpc) is 3.06. The molecular weight excluding hydrogens is 292 g/mol. The van der Waals surface area contributed by atoms with Crippen LogP contribution in [-0.2, 0) is 5.41 Å². The first kappa shape index (κ1) is 13.8. The number of anilines is 1. The lowest BCUT2D eigenvalue weighted by atomic mass is 9.88. The Balaban J connectivity index is 1.86. The van der Waals surface area contributed by atoms with Crippen molar-refractivity contribution in [1.29, 1.82) is 0 Å². The standard InChI is InChI=1S/C18H16N2O3/c1-18(2)10-20(17(21)22)14-8-13(19-9-12(14)18)16-7-11-5-3-4-6-15(11)23-16/h3-9H,10H2,1-2H3,(H,21,22). The molecule has 1 aliphatic rings. The number of rotatable bonds is 1. The largest absolute Gasteiger partial charge is 0.465 e. The molecular formula is C18H16N2O3. The summed E-state index contributed by atoms with van der Waals surface area (Å²) in [7, 11) is 0. The maximum absolute atomic E-state index is 11.5. The van der Waals surface area contributed by atoms with Gasteiger partial charge in [0.25, 0.3) is 0 Å². The van der Waals surface area contributed by atoms with Crippen molar-refractivity contribution < 1.29 is 14.3 Å². The molecule has 23 heavy (non-hydrogen) atoms. The van der Waals surface area contributed by atoms with E-state index in [2.05, 4.69) is 4.98 Å². The minimum absolute atomic E-state index is 0.243. The summed E-state index contributed by atoms with van der Waals surface area (Å²) in [5.41, 5.74) is 2.82. The van der Waals surface area contributed by atoms with Crippen molar-refractivity contribution >= 4 is 22.7 Å². The summed E-state index contributed by atoms with van der Waals surface area (Å²) >= 11 is 0. The summed E-state index contributed by atoms with van der Waals surface area (Å²) in [4.78, 5) is 17.4.